The van der Waals surface area contributed by atoms with E-state index in [2.05, 4.69) is 6.92 Å². The molecule has 0 aromatic carbocycles. The van der Waals surface area contributed by atoms with Gasteiger partial charge >= 0.3 is 6.03 Å². The second kappa shape index (κ2) is 4.70. The van der Waals surface area contributed by atoms with Crippen LogP contribution in [-0.4, -0.2) is 63.3 Å². The van der Waals surface area contributed by atoms with Gasteiger partial charge in [0.2, 0.25) is 5.91 Å². The van der Waals surface area contributed by atoms with Crippen molar-refractivity contribution < 1.29 is 14.4 Å². The topological polar surface area (TPSA) is 60.9 Å². The molecule has 0 bridgehead atoms. The summed E-state index contributed by atoms with van der Waals surface area (Å²) in [5.74, 6) is 0.0528. The van der Waals surface area contributed by atoms with Crippen LogP contribution >= 0.6 is 0 Å². The van der Waals surface area contributed by atoms with Gasteiger partial charge in [-0.3, -0.25) is 14.5 Å². The highest BCUT2D eigenvalue weighted by atomic mass is 16.2. The van der Waals surface area contributed by atoms with Gasteiger partial charge in [-0.05, 0) is 32.1 Å². The molecule has 1 aliphatic carbocycles. The van der Waals surface area contributed by atoms with E-state index in [4.69, 9.17) is 0 Å². The standard InChI is InChI=1S/C16H23N3O3/c1-2-6-16-7-3-8-18(16)15(22)19(14(16)21)12-9-13(20)17(10-12)11-4-5-11/h11-12H,2-10H2,1H3/t12-,16+/m0/s1. The molecule has 0 spiro atoms. The summed E-state index contributed by atoms with van der Waals surface area (Å²) in [5, 5.41) is 0. The van der Waals surface area contributed by atoms with Crippen molar-refractivity contribution >= 4 is 17.8 Å². The third-order valence-corrected chi connectivity index (χ3v) is 5.70. The first kappa shape index (κ1) is 14.0. The Balaban J connectivity index is 1.59. The van der Waals surface area contributed by atoms with Crippen LogP contribution in [0.3, 0.4) is 0 Å². The molecular formula is C16H23N3O3. The first-order valence-electron chi connectivity index (χ1n) is 8.53. The van der Waals surface area contributed by atoms with Gasteiger partial charge in [0.15, 0.2) is 0 Å². The van der Waals surface area contributed by atoms with E-state index < -0.39 is 5.54 Å². The number of carbonyl (C=O) groups excluding carboxylic acids is 3. The summed E-state index contributed by atoms with van der Waals surface area (Å²) in [7, 11) is 0. The lowest BCUT2D eigenvalue weighted by atomic mass is 9.90. The van der Waals surface area contributed by atoms with Crippen LogP contribution in [0.15, 0.2) is 0 Å². The second-order valence-corrected chi connectivity index (χ2v) is 7.13. The summed E-state index contributed by atoms with van der Waals surface area (Å²) in [4.78, 5) is 43.0. The monoisotopic (exact) mass is 305 g/mol. The first-order valence-corrected chi connectivity index (χ1v) is 8.53. The summed E-state index contributed by atoms with van der Waals surface area (Å²) < 4.78 is 0. The SMILES string of the molecule is CCC[C@]12CCCN1C(=O)N([C@H]1CC(=O)N(C3CC3)C1)C2=O. The average Bonchev–Trinajstić information content (AvgIpc) is 3.07. The molecule has 0 aromatic rings. The number of carbonyl (C=O) groups is 3. The summed E-state index contributed by atoms with van der Waals surface area (Å²) >= 11 is 0. The number of amides is 4. The maximum Gasteiger partial charge on any atom is 0.328 e. The van der Waals surface area contributed by atoms with Gasteiger partial charge in [-0.25, -0.2) is 4.79 Å². The van der Waals surface area contributed by atoms with Crippen LogP contribution in [0.2, 0.25) is 0 Å². The quantitative estimate of drug-likeness (QED) is 0.737. The average molecular weight is 305 g/mol. The number of hydrogen-bond donors (Lipinski definition) is 0. The van der Waals surface area contributed by atoms with Crippen molar-refractivity contribution in [3.05, 3.63) is 0 Å². The van der Waals surface area contributed by atoms with Gasteiger partial charge in [0.05, 0.1) is 6.04 Å². The molecule has 22 heavy (non-hydrogen) atoms. The van der Waals surface area contributed by atoms with Crippen molar-refractivity contribution in [1.29, 1.82) is 0 Å². The molecule has 6 heteroatoms. The number of imide groups is 1. The normalized spacial score (nSPS) is 35.0. The Morgan fingerprint density at radius 2 is 1.95 bits per heavy atom. The number of hydrogen-bond acceptors (Lipinski definition) is 3. The maximum absolute atomic E-state index is 13.0. The summed E-state index contributed by atoms with van der Waals surface area (Å²) in [6, 6.07) is -0.0615. The van der Waals surface area contributed by atoms with Crippen LogP contribution in [0.25, 0.3) is 0 Å². The van der Waals surface area contributed by atoms with Gasteiger partial charge in [-0.1, -0.05) is 13.3 Å². The number of rotatable bonds is 4. The molecule has 4 fully saturated rings. The number of urea groups is 1. The van der Waals surface area contributed by atoms with Gasteiger partial charge in [-0.15, -0.1) is 0 Å². The largest absolute Gasteiger partial charge is 0.338 e. The lowest BCUT2D eigenvalue weighted by molar-refractivity contribution is -0.134. The summed E-state index contributed by atoms with van der Waals surface area (Å²) in [5.41, 5.74) is -0.609. The van der Waals surface area contributed by atoms with E-state index in [9.17, 15) is 14.4 Å². The molecule has 4 aliphatic rings. The van der Waals surface area contributed by atoms with E-state index in [1.807, 2.05) is 4.90 Å². The third-order valence-electron chi connectivity index (χ3n) is 5.70. The van der Waals surface area contributed by atoms with Crippen molar-refractivity contribution in [2.45, 2.75) is 69.5 Å². The van der Waals surface area contributed by atoms with Crippen molar-refractivity contribution in [3.63, 3.8) is 0 Å². The number of fused-ring (bicyclic) bond motifs is 1. The lowest BCUT2D eigenvalue weighted by Crippen LogP contribution is -2.46. The molecule has 3 aliphatic heterocycles. The molecule has 4 amide bonds. The molecule has 0 radical (unpaired) electrons. The molecule has 4 rings (SSSR count). The smallest absolute Gasteiger partial charge is 0.328 e. The van der Waals surface area contributed by atoms with E-state index in [1.165, 1.54) is 4.90 Å². The Kier molecular flexibility index (Phi) is 3.00. The minimum Gasteiger partial charge on any atom is -0.338 e. The molecular weight excluding hydrogens is 282 g/mol. The van der Waals surface area contributed by atoms with Crippen molar-refractivity contribution in [3.8, 4) is 0 Å². The minimum absolute atomic E-state index is 0.0488. The predicted octanol–water partition coefficient (Wildman–Crippen LogP) is 1.35. The van der Waals surface area contributed by atoms with Gasteiger partial charge in [0.1, 0.15) is 5.54 Å². The van der Waals surface area contributed by atoms with Crippen molar-refractivity contribution in [2.75, 3.05) is 13.1 Å². The Labute approximate surface area is 130 Å². The molecule has 2 atom stereocenters. The van der Waals surface area contributed by atoms with E-state index in [0.717, 1.165) is 38.5 Å². The number of nitrogens with zero attached hydrogens (tertiary/aromatic N) is 3. The minimum atomic E-state index is -0.609. The van der Waals surface area contributed by atoms with Crippen molar-refractivity contribution in [2.24, 2.45) is 0 Å². The molecule has 3 saturated heterocycles. The maximum atomic E-state index is 13.0. The van der Waals surface area contributed by atoms with E-state index in [0.29, 0.717) is 25.6 Å². The van der Waals surface area contributed by atoms with E-state index in [1.54, 1.807) is 4.90 Å². The van der Waals surface area contributed by atoms with Crippen LogP contribution in [0.4, 0.5) is 4.79 Å². The van der Waals surface area contributed by atoms with E-state index >= 15 is 0 Å². The summed E-state index contributed by atoms with van der Waals surface area (Å²) in [6.07, 6.45) is 5.74. The lowest BCUT2D eigenvalue weighted by Gasteiger charge is -2.27. The predicted molar refractivity (Wildman–Crippen MR) is 79.0 cm³/mol. The molecule has 6 nitrogen and oxygen atoms in total. The number of likely N-dealkylation sites (tertiary alicyclic amines) is 1. The van der Waals surface area contributed by atoms with Gasteiger partial charge in [0, 0.05) is 25.6 Å². The Morgan fingerprint density at radius 1 is 1.18 bits per heavy atom. The third kappa shape index (κ3) is 1.75. The zero-order chi connectivity index (χ0) is 15.5. The van der Waals surface area contributed by atoms with Gasteiger partial charge < -0.3 is 9.80 Å². The molecule has 0 N–H and O–H groups in total. The Hall–Kier alpha value is -1.59. The van der Waals surface area contributed by atoms with Crippen LogP contribution in [0.1, 0.15) is 51.9 Å². The summed E-state index contributed by atoms with van der Waals surface area (Å²) in [6.45, 7) is 3.27. The fraction of sp³-hybridized carbons (Fsp3) is 0.812. The van der Waals surface area contributed by atoms with Crippen LogP contribution in [0.5, 0.6) is 0 Å². The molecule has 1 saturated carbocycles. The highest BCUT2D eigenvalue weighted by Crippen LogP contribution is 2.43. The zero-order valence-corrected chi connectivity index (χ0v) is 13.1. The van der Waals surface area contributed by atoms with Crippen LogP contribution in [-0.2, 0) is 9.59 Å². The van der Waals surface area contributed by atoms with Crippen LogP contribution in [0, 0.1) is 0 Å². The van der Waals surface area contributed by atoms with Crippen molar-refractivity contribution in [1.82, 2.24) is 14.7 Å². The first-order chi connectivity index (χ1) is 10.6. The highest BCUT2D eigenvalue weighted by Gasteiger charge is 2.61. The molecule has 0 aromatic heterocycles. The molecule has 120 valence electrons. The second-order valence-electron chi connectivity index (χ2n) is 7.13. The Morgan fingerprint density at radius 3 is 2.64 bits per heavy atom. The Bertz CT molecular complexity index is 545. The fourth-order valence-electron chi connectivity index (χ4n) is 4.55. The molecule has 0 unspecified atom stereocenters. The van der Waals surface area contributed by atoms with E-state index in [-0.39, 0.29) is 23.9 Å². The van der Waals surface area contributed by atoms with Crippen LogP contribution < -0.4 is 0 Å². The highest BCUT2D eigenvalue weighted by molar-refractivity contribution is 6.08. The molecule has 3 heterocycles. The zero-order valence-electron chi connectivity index (χ0n) is 13.1. The fourth-order valence-corrected chi connectivity index (χ4v) is 4.55. The van der Waals surface area contributed by atoms with Gasteiger partial charge in [0.25, 0.3) is 5.91 Å². The van der Waals surface area contributed by atoms with Gasteiger partial charge in [-0.2, -0.15) is 0 Å².